The van der Waals surface area contributed by atoms with E-state index in [1.54, 1.807) is 88.4 Å². The smallest absolute Gasteiger partial charge is 0.548 e. The molecule has 0 bridgehead atoms. The Morgan fingerprint density at radius 1 is 0.800 bits per heavy atom. The molecule has 50 heavy (non-hydrogen) atoms. The van der Waals surface area contributed by atoms with E-state index in [4.69, 9.17) is 5.73 Å². The van der Waals surface area contributed by atoms with Gasteiger partial charge in [0.15, 0.2) is 0 Å². The number of carboxylic acids is 2. The Morgan fingerprint density at radius 3 is 1.88 bits per heavy atom. The van der Waals surface area contributed by atoms with Crippen LogP contribution in [0.2, 0.25) is 0 Å². The quantitative estimate of drug-likeness (QED) is 0.107. The van der Waals surface area contributed by atoms with E-state index in [0.717, 1.165) is 11.8 Å². The number of β-lactam (4-membered cyclic amide) rings is 1. The molecule has 14 nitrogen and oxygen atoms in total. The molecule has 5 rings (SSSR count). The molecule has 0 radical (unpaired) electrons. The van der Waals surface area contributed by atoms with Crippen molar-refractivity contribution in [3.8, 4) is 0 Å². The summed E-state index contributed by atoms with van der Waals surface area (Å²) in [4.78, 5) is 79.4. The van der Waals surface area contributed by atoms with Gasteiger partial charge in [-0.1, -0.05) is 60.7 Å². The Kier molecular flexibility index (Phi) is 14.1. The van der Waals surface area contributed by atoms with Gasteiger partial charge in [0.05, 0.1) is 29.4 Å². The second kappa shape index (κ2) is 16.7. The van der Waals surface area contributed by atoms with E-state index >= 15 is 0 Å². The van der Waals surface area contributed by atoms with Gasteiger partial charge in [0, 0.05) is 9.49 Å². The molecule has 18 heteroatoms. The summed E-state index contributed by atoms with van der Waals surface area (Å²) in [5.41, 5.74) is 7.04. The van der Waals surface area contributed by atoms with Crippen molar-refractivity contribution in [1.82, 2.24) is 26.2 Å². The van der Waals surface area contributed by atoms with Crippen LogP contribution in [-0.4, -0.2) is 84.9 Å². The van der Waals surface area contributed by atoms with E-state index < -0.39 is 92.1 Å². The van der Waals surface area contributed by atoms with Crippen molar-refractivity contribution in [2.45, 2.75) is 84.2 Å². The van der Waals surface area contributed by atoms with Crippen LogP contribution < -0.4 is 96.3 Å². The number of aliphatic carboxylic acids is 2. The standard InChI is InChI=1S/C32H38N6O8S2.2Na/c1-31(2)21(29(43)44)37-26(47-31)19(35-23(39)17(33)15-11-7-5-8-12-15)25(41)34-18(16-13-9-6-10-14-16)24(40)36-20-27(42)38-22(30(45)46)32(3,4)48-28(20)38;;/h5-14,17-22,26,28,37H,33H2,1-4H3,(H,34,41)(H,35,39)(H,36,40)(H,43,44)(H,45,46);;/q;2*+1/p-2/t17-,18-,19-,20-,21+,22+,26-,28-;;/m1../s1. The van der Waals surface area contributed by atoms with E-state index in [9.17, 15) is 39.0 Å². The molecule has 4 amide bonds. The minimum atomic E-state index is -1.42. The summed E-state index contributed by atoms with van der Waals surface area (Å²) in [6, 6.07) is 9.26. The third-order valence-electron chi connectivity index (χ3n) is 8.66. The number of carbonyl (C=O) groups is 6. The van der Waals surface area contributed by atoms with Crippen molar-refractivity contribution in [3.63, 3.8) is 0 Å². The molecule has 2 aromatic carbocycles. The number of nitrogens with one attached hydrogen (secondary N) is 4. The van der Waals surface area contributed by atoms with Gasteiger partial charge in [0.1, 0.15) is 29.5 Å². The third kappa shape index (κ3) is 8.56. The van der Waals surface area contributed by atoms with Gasteiger partial charge in [-0.15, -0.1) is 23.5 Å². The van der Waals surface area contributed by atoms with Gasteiger partial charge in [-0.25, -0.2) is 0 Å². The number of nitrogens with zero attached hydrogens (tertiary/aromatic N) is 1. The van der Waals surface area contributed by atoms with E-state index in [2.05, 4.69) is 21.3 Å². The maximum Gasteiger partial charge on any atom is 1.00 e. The summed E-state index contributed by atoms with van der Waals surface area (Å²) in [6.07, 6.45) is 0. The predicted molar refractivity (Wildman–Crippen MR) is 173 cm³/mol. The van der Waals surface area contributed by atoms with Crippen LogP contribution in [0.3, 0.4) is 0 Å². The Bertz CT molecular complexity index is 1620. The van der Waals surface area contributed by atoms with Crippen molar-refractivity contribution < 1.29 is 98.1 Å². The van der Waals surface area contributed by atoms with Crippen molar-refractivity contribution >= 4 is 59.1 Å². The zero-order chi connectivity index (χ0) is 35.1. The first-order chi connectivity index (χ1) is 22.5. The number of nitrogens with two attached hydrogens (primary N) is 1. The van der Waals surface area contributed by atoms with Gasteiger partial charge in [-0.2, -0.15) is 0 Å². The Morgan fingerprint density at radius 2 is 1.36 bits per heavy atom. The van der Waals surface area contributed by atoms with Crippen LogP contribution in [0.25, 0.3) is 0 Å². The van der Waals surface area contributed by atoms with Crippen LogP contribution in [0.1, 0.15) is 50.9 Å². The normalized spacial score (nSPS) is 26.0. The molecule has 3 fully saturated rings. The zero-order valence-corrected chi connectivity index (χ0v) is 34.1. The maximum atomic E-state index is 14.1. The van der Waals surface area contributed by atoms with Crippen LogP contribution in [0.15, 0.2) is 60.7 Å². The summed E-state index contributed by atoms with van der Waals surface area (Å²) in [6.45, 7) is 6.66. The number of hydrogen-bond donors (Lipinski definition) is 5. The fourth-order valence-electron chi connectivity index (χ4n) is 6.18. The summed E-state index contributed by atoms with van der Waals surface area (Å²) in [5.74, 6) is -5.69. The first-order valence-electron chi connectivity index (χ1n) is 15.2. The molecule has 3 aliphatic rings. The fraction of sp³-hybridized carbons (Fsp3) is 0.438. The molecule has 0 aliphatic carbocycles. The van der Waals surface area contributed by atoms with Crippen LogP contribution in [0, 0.1) is 0 Å². The molecule has 0 spiro atoms. The number of amides is 4. The molecule has 8 atom stereocenters. The van der Waals surface area contributed by atoms with E-state index in [0.29, 0.717) is 11.1 Å². The van der Waals surface area contributed by atoms with Crippen molar-refractivity contribution in [1.29, 1.82) is 0 Å². The molecule has 256 valence electrons. The topological polar surface area (TPSA) is 226 Å². The first kappa shape index (κ1) is 42.3. The molecule has 6 N–H and O–H groups in total. The largest absolute Gasteiger partial charge is 1.00 e. The van der Waals surface area contributed by atoms with Crippen LogP contribution in [0.4, 0.5) is 0 Å². The third-order valence-corrected chi connectivity index (χ3v) is 11.7. The average Bonchev–Trinajstić information content (AvgIpc) is 3.50. The molecule has 0 unspecified atom stereocenters. The van der Waals surface area contributed by atoms with Gasteiger partial charge in [0.25, 0.3) is 0 Å². The van der Waals surface area contributed by atoms with Crippen LogP contribution in [-0.2, 0) is 28.8 Å². The average molecular weight is 743 g/mol. The molecule has 2 aromatic rings. The van der Waals surface area contributed by atoms with Gasteiger partial charge in [-0.3, -0.25) is 24.5 Å². The van der Waals surface area contributed by atoms with E-state index in [1.165, 1.54) is 16.7 Å². The second-order valence-electron chi connectivity index (χ2n) is 12.9. The fourth-order valence-corrected chi connectivity index (χ4v) is 9.29. The Labute approximate surface area is 342 Å². The van der Waals surface area contributed by atoms with E-state index in [-0.39, 0.29) is 59.1 Å². The van der Waals surface area contributed by atoms with Crippen LogP contribution >= 0.6 is 23.5 Å². The minimum Gasteiger partial charge on any atom is -0.548 e. The number of fused-ring (bicyclic) bond motifs is 1. The summed E-state index contributed by atoms with van der Waals surface area (Å²) in [5, 5.41) is 33.0. The minimum absolute atomic E-state index is 0. The maximum absolute atomic E-state index is 14.1. The van der Waals surface area contributed by atoms with Crippen molar-refractivity contribution in [2.75, 3.05) is 0 Å². The SMILES string of the molecule is CC1(C)S[C@@H]2[C@H](NC(=O)[C@H](NC(=O)[C@@H](NC(=O)[C@H](N)c3ccccc3)[C@@H]3N[C@@H](C(=O)[O-])C(C)(C)S3)c3ccccc3)C(=O)N2[C@H]1C(=O)[O-].[Na+].[Na+]. The number of hydrogen-bond acceptors (Lipinski definition) is 12. The van der Waals surface area contributed by atoms with E-state index in [1.807, 2.05) is 0 Å². The molecular formula is C32H36N6Na2O8S2. The van der Waals surface area contributed by atoms with Crippen molar-refractivity contribution in [3.05, 3.63) is 71.8 Å². The van der Waals surface area contributed by atoms with Crippen molar-refractivity contribution in [2.24, 2.45) is 5.73 Å². The molecule has 0 aromatic heterocycles. The predicted octanol–water partition coefficient (Wildman–Crippen LogP) is -8.11. The van der Waals surface area contributed by atoms with Gasteiger partial charge >= 0.3 is 59.1 Å². The zero-order valence-electron chi connectivity index (χ0n) is 28.5. The monoisotopic (exact) mass is 742 g/mol. The van der Waals surface area contributed by atoms with Gasteiger partial charge in [-0.05, 0) is 38.8 Å². The Hall–Kier alpha value is -2.12. The number of benzene rings is 2. The summed E-state index contributed by atoms with van der Waals surface area (Å²) < 4.78 is -1.82. The van der Waals surface area contributed by atoms with Gasteiger partial charge < -0.3 is 46.4 Å². The molecule has 3 saturated heterocycles. The molecule has 3 heterocycles. The summed E-state index contributed by atoms with van der Waals surface area (Å²) in [7, 11) is 0. The first-order valence-corrected chi connectivity index (χ1v) is 16.9. The second-order valence-corrected chi connectivity index (χ2v) is 16.4. The number of carboxylic acid groups (broad SMARTS) is 2. The molecule has 0 saturated carbocycles. The van der Waals surface area contributed by atoms with Crippen LogP contribution in [0.5, 0.6) is 0 Å². The number of carbonyl (C=O) groups excluding carboxylic acids is 6. The molecular weight excluding hydrogens is 707 g/mol. The summed E-state index contributed by atoms with van der Waals surface area (Å²) >= 11 is 2.32. The van der Waals surface area contributed by atoms with Gasteiger partial charge in [0.2, 0.25) is 23.6 Å². The number of thioether (sulfide) groups is 2. The number of rotatable bonds is 11. The molecule has 3 aliphatic heterocycles. The Balaban J connectivity index is 0.00000338.